The van der Waals surface area contributed by atoms with Crippen molar-refractivity contribution in [2.45, 2.75) is 12.8 Å². The molecule has 3 nitrogen and oxygen atoms in total. The van der Waals surface area contributed by atoms with Crippen molar-refractivity contribution in [1.82, 2.24) is 0 Å². The number of halogens is 1. The first-order chi connectivity index (χ1) is 6.35. The molecule has 76 valence electrons. The third-order valence-electron chi connectivity index (χ3n) is 1.64. The van der Waals surface area contributed by atoms with Crippen LogP contribution in [0.5, 0.6) is 0 Å². The van der Waals surface area contributed by atoms with Crippen LogP contribution in [0.1, 0.15) is 12.8 Å². The SMILES string of the molecule is COCCOCCCC(C#N)CBr. The normalized spacial score (nSPS) is 12.4. The van der Waals surface area contributed by atoms with E-state index in [2.05, 4.69) is 22.0 Å². The molecular weight excluding hydrogens is 234 g/mol. The molecular formula is C9H16BrNO2. The van der Waals surface area contributed by atoms with E-state index in [-0.39, 0.29) is 5.92 Å². The monoisotopic (exact) mass is 249 g/mol. The van der Waals surface area contributed by atoms with E-state index in [4.69, 9.17) is 14.7 Å². The first-order valence-corrected chi connectivity index (χ1v) is 5.49. The van der Waals surface area contributed by atoms with Crippen LogP contribution in [0, 0.1) is 17.2 Å². The second kappa shape index (κ2) is 9.97. The summed E-state index contributed by atoms with van der Waals surface area (Å²) in [5.41, 5.74) is 0. The fourth-order valence-electron chi connectivity index (χ4n) is 0.852. The standard InChI is InChI=1S/C9H16BrNO2/c1-12-5-6-13-4-2-3-9(7-10)8-11/h9H,2-7H2,1H3. The van der Waals surface area contributed by atoms with Gasteiger partial charge in [0.15, 0.2) is 0 Å². The number of nitrogens with zero attached hydrogens (tertiary/aromatic N) is 1. The molecule has 13 heavy (non-hydrogen) atoms. The Kier molecular flexibility index (Phi) is 9.89. The van der Waals surface area contributed by atoms with Gasteiger partial charge in [0.1, 0.15) is 0 Å². The lowest BCUT2D eigenvalue weighted by Gasteiger charge is -2.05. The summed E-state index contributed by atoms with van der Waals surface area (Å²) in [6.45, 7) is 2.00. The van der Waals surface area contributed by atoms with E-state index in [1.165, 1.54) is 0 Å². The van der Waals surface area contributed by atoms with Crippen molar-refractivity contribution >= 4 is 15.9 Å². The molecule has 0 aromatic heterocycles. The molecule has 0 aromatic carbocycles. The predicted molar refractivity (Wildman–Crippen MR) is 54.8 cm³/mol. The maximum atomic E-state index is 8.63. The van der Waals surface area contributed by atoms with Crippen molar-refractivity contribution in [3.05, 3.63) is 0 Å². The molecule has 0 aromatic rings. The van der Waals surface area contributed by atoms with Crippen molar-refractivity contribution in [3.63, 3.8) is 0 Å². The van der Waals surface area contributed by atoms with Gasteiger partial charge in [-0.25, -0.2) is 0 Å². The average Bonchev–Trinajstić information content (AvgIpc) is 2.17. The van der Waals surface area contributed by atoms with Crippen LogP contribution < -0.4 is 0 Å². The lowest BCUT2D eigenvalue weighted by molar-refractivity contribution is 0.0681. The van der Waals surface area contributed by atoms with Gasteiger partial charge in [-0.05, 0) is 12.8 Å². The molecule has 0 heterocycles. The number of rotatable bonds is 8. The van der Waals surface area contributed by atoms with Crippen LogP contribution in [-0.2, 0) is 9.47 Å². The van der Waals surface area contributed by atoms with Gasteiger partial charge in [0.05, 0.1) is 25.2 Å². The van der Waals surface area contributed by atoms with E-state index < -0.39 is 0 Å². The Bertz CT molecular complexity index is 147. The van der Waals surface area contributed by atoms with Gasteiger partial charge in [0.25, 0.3) is 0 Å². The van der Waals surface area contributed by atoms with Crippen molar-refractivity contribution in [2.75, 3.05) is 32.3 Å². The van der Waals surface area contributed by atoms with Crippen LogP contribution in [0.25, 0.3) is 0 Å². The van der Waals surface area contributed by atoms with Crippen LogP contribution in [0.4, 0.5) is 0 Å². The van der Waals surface area contributed by atoms with Crippen LogP contribution >= 0.6 is 15.9 Å². The second-order valence-electron chi connectivity index (χ2n) is 2.73. The maximum absolute atomic E-state index is 8.63. The van der Waals surface area contributed by atoms with Gasteiger partial charge in [-0.15, -0.1) is 0 Å². The molecule has 0 amide bonds. The van der Waals surface area contributed by atoms with Crippen molar-refractivity contribution < 1.29 is 9.47 Å². The van der Waals surface area contributed by atoms with Crippen molar-refractivity contribution in [1.29, 1.82) is 5.26 Å². The Hall–Kier alpha value is -0.110. The number of nitriles is 1. The van der Waals surface area contributed by atoms with E-state index >= 15 is 0 Å². The molecule has 0 aliphatic rings. The third-order valence-corrected chi connectivity index (χ3v) is 2.42. The summed E-state index contributed by atoms with van der Waals surface area (Å²) in [7, 11) is 1.65. The molecule has 0 radical (unpaired) electrons. The second-order valence-corrected chi connectivity index (χ2v) is 3.38. The number of hydrogen-bond acceptors (Lipinski definition) is 3. The molecule has 1 atom stereocenters. The summed E-state index contributed by atoms with van der Waals surface area (Å²) >= 11 is 3.29. The van der Waals surface area contributed by atoms with Crippen LogP contribution in [0.3, 0.4) is 0 Å². The Morgan fingerprint density at radius 1 is 1.38 bits per heavy atom. The molecule has 0 saturated carbocycles. The third kappa shape index (κ3) is 8.23. The lowest BCUT2D eigenvalue weighted by atomic mass is 10.1. The van der Waals surface area contributed by atoms with E-state index in [1.807, 2.05) is 0 Å². The highest BCUT2D eigenvalue weighted by Crippen LogP contribution is 2.08. The zero-order chi connectivity index (χ0) is 9.94. The topological polar surface area (TPSA) is 42.2 Å². The van der Waals surface area contributed by atoms with Gasteiger partial charge in [-0.3, -0.25) is 0 Å². The predicted octanol–water partition coefficient (Wildman–Crippen LogP) is 1.96. The van der Waals surface area contributed by atoms with Crippen molar-refractivity contribution in [3.8, 4) is 6.07 Å². The molecule has 0 N–H and O–H groups in total. The smallest absolute Gasteiger partial charge is 0.0700 e. The van der Waals surface area contributed by atoms with Crippen molar-refractivity contribution in [2.24, 2.45) is 5.92 Å². The van der Waals surface area contributed by atoms with Crippen LogP contribution in [0.15, 0.2) is 0 Å². The Morgan fingerprint density at radius 2 is 2.15 bits per heavy atom. The molecule has 0 spiro atoms. The lowest BCUT2D eigenvalue weighted by Crippen LogP contribution is -2.05. The summed E-state index contributed by atoms with van der Waals surface area (Å²) in [6.07, 6.45) is 1.84. The summed E-state index contributed by atoms with van der Waals surface area (Å²) in [5.74, 6) is 0.117. The zero-order valence-corrected chi connectivity index (χ0v) is 9.55. The summed E-state index contributed by atoms with van der Waals surface area (Å²) < 4.78 is 10.1. The quantitative estimate of drug-likeness (QED) is 0.488. The largest absolute Gasteiger partial charge is 0.382 e. The highest BCUT2D eigenvalue weighted by molar-refractivity contribution is 9.09. The molecule has 0 saturated heterocycles. The van der Waals surface area contributed by atoms with Crippen LogP contribution in [0.2, 0.25) is 0 Å². The zero-order valence-electron chi connectivity index (χ0n) is 7.96. The Morgan fingerprint density at radius 3 is 2.69 bits per heavy atom. The molecule has 1 unspecified atom stereocenters. The van der Waals surface area contributed by atoms with Gasteiger partial charge in [-0.2, -0.15) is 5.26 Å². The molecule has 0 bridgehead atoms. The fourth-order valence-corrected chi connectivity index (χ4v) is 1.32. The number of hydrogen-bond donors (Lipinski definition) is 0. The van der Waals surface area contributed by atoms with Gasteiger partial charge >= 0.3 is 0 Å². The van der Waals surface area contributed by atoms with Gasteiger partial charge in [-0.1, -0.05) is 15.9 Å². The maximum Gasteiger partial charge on any atom is 0.0700 e. The summed E-state index contributed by atoms with van der Waals surface area (Å²) in [4.78, 5) is 0. The van der Waals surface area contributed by atoms with Gasteiger partial charge < -0.3 is 9.47 Å². The Labute approximate surface area is 88.1 Å². The molecule has 4 heteroatoms. The van der Waals surface area contributed by atoms with Gasteiger partial charge in [0, 0.05) is 19.0 Å². The number of ether oxygens (including phenoxy) is 2. The fraction of sp³-hybridized carbons (Fsp3) is 0.889. The molecule has 0 rings (SSSR count). The minimum absolute atomic E-state index is 0.117. The first-order valence-electron chi connectivity index (χ1n) is 4.37. The molecule has 0 fully saturated rings. The highest BCUT2D eigenvalue weighted by atomic mass is 79.9. The number of methoxy groups -OCH3 is 1. The summed E-state index contributed by atoms with van der Waals surface area (Å²) in [5, 5.41) is 9.38. The minimum atomic E-state index is 0.117. The van der Waals surface area contributed by atoms with Crippen LogP contribution in [-0.4, -0.2) is 32.3 Å². The van der Waals surface area contributed by atoms with Gasteiger partial charge in [0.2, 0.25) is 0 Å². The van der Waals surface area contributed by atoms with E-state index in [0.717, 1.165) is 18.2 Å². The number of alkyl halides is 1. The van der Waals surface area contributed by atoms with E-state index in [1.54, 1.807) is 7.11 Å². The first kappa shape index (κ1) is 12.9. The highest BCUT2D eigenvalue weighted by Gasteiger charge is 2.03. The average molecular weight is 250 g/mol. The molecule has 0 aliphatic carbocycles. The van der Waals surface area contributed by atoms with E-state index in [0.29, 0.717) is 19.8 Å². The molecule has 0 aliphatic heterocycles. The Balaban J connectivity index is 3.11. The summed E-state index contributed by atoms with van der Waals surface area (Å²) in [6, 6.07) is 2.23. The van der Waals surface area contributed by atoms with E-state index in [9.17, 15) is 0 Å². The minimum Gasteiger partial charge on any atom is -0.382 e.